The summed E-state index contributed by atoms with van der Waals surface area (Å²) in [6.07, 6.45) is 1.87. The molecule has 4 rings (SSSR count). The number of nitrogens with two attached hydrogens (primary N) is 1. The number of para-hydroxylation sites is 1. The third-order valence-corrected chi connectivity index (χ3v) is 4.78. The van der Waals surface area contributed by atoms with Gasteiger partial charge in [0, 0.05) is 5.39 Å². The van der Waals surface area contributed by atoms with E-state index in [-0.39, 0.29) is 6.10 Å². The van der Waals surface area contributed by atoms with Crippen LogP contribution in [0.3, 0.4) is 0 Å². The molecule has 1 atom stereocenters. The minimum absolute atomic E-state index is 0.0639. The largest absolute Gasteiger partial charge is 0.494 e. The fraction of sp³-hybridized carbons (Fsp3) is 0.208. The van der Waals surface area contributed by atoms with E-state index in [0.29, 0.717) is 12.4 Å². The number of hydrogen-bond donors (Lipinski definition) is 1. The second-order valence-corrected chi connectivity index (χ2v) is 6.99. The van der Waals surface area contributed by atoms with Gasteiger partial charge in [0.25, 0.3) is 0 Å². The van der Waals surface area contributed by atoms with Crippen molar-refractivity contribution in [3.8, 4) is 11.5 Å². The quantitative estimate of drug-likeness (QED) is 0.429. The number of nitrogens with zero attached hydrogens (tertiary/aromatic N) is 1. The Morgan fingerprint density at radius 3 is 2.57 bits per heavy atom. The SMILES string of the molecule is CC(CCCOc1ccc2ccccc2c1)Oc1cccc2ccc(N)nc12. The summed E-state index contributed by atoms with van der Waals surface area (Å²) >= 11 is 0. The first kappa shape index (κ1) is 18.1. The van der Waals surface area contributed by atoms with Crippen molar-refractivity contribution in [1.29, 1.82) is 0 Å². The normalized spacial score (nSPS) is 12.2. The maximum atomic E-state index is 6.12. The Labute approximate surface area is 164 Å². The summed E-state index contributed by atoms with van der Waals surface area (Å²) in [5.74, 6) is 2.17. The fourth-order valence-corrected chi connectivity index (χ4v) is 3.32. The van der Waals surface area contributed by atoms with Crippen molar-refractivity contribution >= 4 is 27.5 Å². The van der Waals surface area contributed by atoms with E-state index < -0.39 is 0 Å². The Bertz CT molecular complexity index is 1090. The summed E-state index contributed by atoms with van der Waals surface area (Å²) < 4.78 is 12.0. The van der Waals surface area contributed by atoms with Gasteiger partial charge in [0.1, 0.15) is 22.8 Å². The molecule has 0 amide bonds. The molecule has 1 unspecified atom stereocenters. The van der Waals surface area contributed by atoms with E-state index >= 15 is 0 Å². The molecule has 0 aliphatic rings. The number of nitrogen functional groups attached to an aromatic ring is 1. The van der Waals surface area contributed by atoms with Crippen LogP contribution < -0.4 is 15.2 Å². The van der Waals surface area contributed by atoms with E-state index in [1.165, 1.54) is 10.8 Å². The standard InChI is InChI=1S/C24H24N2O2/c1-17(28-22-10-4-9-19-12-14-23(25)26-24(19)22)6-5-15-27-21-13-11-18-7-2-3-8-20(18)16-21/h2-4,7-14,16-17H,5-6,15H2,1H3,(H2,25,26). The lowest BCUT2D eigenvalue weighted by Gasteiger charge is -2.16. The third-order valence-electron chi connectivity index (χ3n) is 4.78. The average Bonchev–Trinajstić information content (AvgIpc) is 2.71. The lowest BCUT2D eigenvalue weighted by molar-refractivity contribution is 0.195. The van der Waals surface area contributed by atoms with Crippen molar-refractivity contribution in [2.24, 2.45) is 0 Å². The van der Waals surface area contributed by atoms with Crippen LogP contribution in [-0.2, 0) is 0 Å². The van der Waals surface area contributed by atoms with Gasteiger partial charge in [-0.15, -0.1) is 0 Å². The maximum absolute atomic E-state index is 6.12. The lowest BCUT2D eigenvalue weighted by atomic mass is 10.1. The number of ether oxygens (including phenoxy) is 2. The minimum atomic E-state index is 0.0639. The van der Waals surface area contributed by atoms with Crippen LogP contribution in [0.2, 0.25) is 0 Å². The molecule has 0 fully saturated rings. The van der Waals surface area contributed by atoms with Crippen LogP contribution in [0.15, 0.2) is 72.8 Å². The van der Waals surface area contributed by atoms with E-state index in [1.54, 1.807) is 6.07 Å². The van der Waals surface area contributed by atoms with Crippen LogP contribution in [0.1, 0.15) is 19.8 Å². The van der Waals surface area contributed by atoms with Crippen molar-refractivity contribution < 1.29 is 9.47 Å². The van der Waals surface area contributed by atoms with Crippen LogP contribution >= 0.6 is 0 Å². The molecule has 0 bridgehead atoms. The number of aromatic nitrogens is 1. The van der Waals surface area contributed by atoms with Crippen LogP contribution in [0.4, 0.5) is 5.82 Å². The topological polar surface area (TPSA) is 57.4 Å². The van der Waals surface area contributed by atoms with Gasteiger partial charge in [0.15, 0.2) is 0 Å². The van der Waals surface area contributed by atoms with Crippen molar-refractivity contribution in [3.05, 3.63) is 72.8 Å². The highest BCUT2D eigenvalue weighted by Gasteiger charge is 2.09. The first-order valence-electron chi connectivity index (χ1n) is 9.62. The molecule has 4 nitrogen and oxygen atoms in total. The van der Waals surface area contributed by atoms with Crippen LogP contribution in [0, 0.1) is 0 Å². The fourth-order valence-electron chi connectivity index (χ4n) is 3.32. The number of rotatable bonds is 7. The van der Waals surface area contributed by atoms with E-state index in [4.69, 9.17) is 15.2 Å². The van der Waals surface area contributed by atoms with Crippen LogP contribution in [0.5, 0.6) is 11.5 Å². The Balaban J connectivity index is 1.31. The Hall–Kier alpha value is -3.27. The van der Waals surface area contributed by atoms with Gasteiger partial charge >= 0.3 is 0 Å². The van der Waals surface area contributed by atoms with Crippen molar-refractivity contribution in [3.63, 3.8) is 0 Å². The molecule has 4 heteroatoms. The number of anilines is 1. The highest BCUT2D eigenvalue weighted by Crippen LogP contribution is 2.26. The zero-order valence-electron chi connectivity index (χ0n) is 16.0. The molecule has 0 saturated heterocycles. The smallest absolute Gasteiger partial charge is 0.146 e. The molecule has 1 heterocycles. The summed E-state index contributed by atoms with van der Waals surface area (Å²) in [5, 5.41) is 3.44. The van der Waals surface area contributed by atoms with Gasteiger partial charge in [0.2, 0.25) is 0 Å². The summed E-state index contributed by atoms with van der Waals surface area (Å²) in [6, 6.07) is 24.2. The number of pyridine rings is 1. The maximum Gasteiger partial charge on any atom is 0.146 e. The van der Waals surface area contributed by atoms with E-state index in [1.807, 2.05) is 42.5 Å². The van der Waals surface area contributed by atoms with E-state index in [2.05, 4.69) is 36.2 Å². The molecule has 0 aliphatic carbocycles. The molecule has 0 radical (unpaired) electrons. The summed E-state index contributed by atoms with van der Waals surface area (Å²) in [7, 11) is 0. The molecule has 142 valence electrons. The average molecular weight is 372 g/mol. The lowest BCUT2D eigenvalue weighted by Crippen LogP contribution is -2.13. The summed E-state index contributed by atoms with van der Waals surface area (Å²) in [5.41, 5.74) is 6.64. The second kappa shape index (κ2) is 8.17. The Kier molecular flexibility index (Phi) is 5.29. The van der Waals surface area contributed by atoms with E-state index in [0.717, 1.165) is 35.2 Å². The molecular formula is C24H24N2O2. The van der Waals surface area contributed by atoms with Crippen molar-refractivity contribution in [2.75, 3.05) is 12.3 Å². The second-order valence-electron chi connectivity index (χ2n) is 6.99. The molecule has 4 aromatic rings. The number of benzene rings is 3. The van der Waals surface area contributed by atoms with Crippen LogP contribution in [0.25, 0.3) is 21.7 Å². The van der Waals surface area contributed by atoms with Gasteiger partial charge in [-0.3, -0.25) is 0 Å². The van der Waals surface area contributed by atoms with Gasteiger partial charge < -0.3 is 15.2 Å². The zero-order valence-corrected chi connectivity index (χ0v) is 16.0. The monoisotopic (exact) mass is 372 g/mol. The minimum Gasteiger partial charge on any atom is -0.494 e. The Morgan fingerprint density at radius 1 is 0.893 bits per heavy atom. The Morgan fingerprint density at radius 2 is 1.68 bits per heavy atom. The van der Waals surface area contributed by atoms with Gasteiger partial charge in [-0.2, -0.15) is 0 Å². The van der Waals surface area contributed by atoms with Gasteiger partial charge in [-0.25, -0.2) is 4.98 Å². The predicted octanol–water partition coefficient (Wildman–Crippen LogP) is 5.60. The van der Waals surface area contributed by atoms with Gasteiger partial charge in [0.05, 0.1) is 12.7 Å². The number of fused-ring (bicyclic) bond motifs is 2. The van der Waals surface area contributed by atoms with Crippen molar-refractivity contribution in [1.82, 2.24) is 4.98 Å². The zero-order chi connectivity index (χ0) is 19.3. The molecule has 0 aliphatic heterocycles. The summed E-state index contributed by atoms with van der Waals surface area (Å²) in [4.78, 5) is 4.42. The molecule has 2 N–H and O–H groups in total. The first-order valence-corrected chi connectivity index (χ1v) is 9.62. The summed E-state index contributed by atoms with van der Waals surface area (Å²) in [6.45, 7) is 2.73. The van der Waals surface area contributed by atoms with Gasteiger partial charge in [-0.05, 0) is 60.9 Å². The molecule has 1 aromatic heterocycles. The van der Waals surface area contributed by atoms with E-state index in [9.17, 15) is 0 Å². The van der Waals surface area contributed by atoms with Gasteiger partial charge in [-0.1, -0.05) is 42.5 Å². The number of hydrogen-bond acceptors (Lipinski definition) is 4. The molecule has 28 heavy (non-hydrogen) atoms. The highest BCUT2D eigenvalue weighted by atomic mass is 16.5. The predicted molar refractivity (Wildman–Crippen MR) is 115 cm³/mol. The van der Waals surface area contributed by atoms with Crippen LogP contribution in [-0.4, -0.2) is 17.7 Å². The first-order chi connectivity index (χ1) is 13.7. The van der Waals surface area contributed by atoms with Crippen molar-refractivity contribution in [2.45, 2.75) is 25.9 Å². The highest BCUT2D eigenvalue weighted by molar-refractivity contribution is 5.85. The third kappa shape index (κ3) is 4.17. The molecule has 0 saturated carbocycles. The molecule has 0 spiro atoms. The molecular weight excluding hydrogens is 348 g/mol. The molecule has 3 aromatic carbocycles.